The number of nitrogens with two attached hydrogens (primary N) is 1. The molecule has 1 aliphatic carbocycles. The van der Waals surface area contributed by atoms with Crippen LogP contribution in [0.25, 0.3) is 0 Å². The first kappa shape index (κ1) is 19.7. The van der Waals surface area contributed by atoms with E-state index < -0.39 is 11.5 Å². The number of primary amides is 1. The lowest BCUT2D eigenvalue weighted by Crippen LogP contribution is -2.41. The number of rotatable bonds is 9. The fourth-order valence-corrected chi connectivity index (χ4v) is 3.53. The van der Waals surface area contributed by atoms with Gasteiger partial charge in [0, 0.05) is 0 Å². The van der Waals surface area contributed by atoms with Crippen LogP contribution in [0.1, 0.15) is 78.0 Å². The standard InChI is InChI=1S/C18H31N3O4/c1-12(2)24-17-21-20-16(25-17)18(23,15(19)22)10-9-13(3)11-14-7-5-4-6-8-14/h12-14,23H,4-11H2,1-3H3,(H2,19,22). The maximum absolute atomic E-state index is 11.9. The number of ether oxygens (including phenoxy) is 1. The predicted molar refractivity (Wildman–Crippen MR) is 92.7 cm³/mol. The Balaban J connectivity index is 1.96. The van der Waals surface area contributed by atoms with E-state index in [1.165, 1.54) is 32.1 Å². The van der Waals surface area contributed by atoms with E-state index >= 15 is 0 Å². The molecule has 2 atom stereocenters. The van der Waals surface area contributed by atoms with Crippen molar-refractivity contribution in [2.45, 2.75) is 83.8 Å². The molecule has 1 heterocycles. The fraction of sp³-hybridized carbons (Fsp3) is 0.833. The molecule has 1 aliphatic rings. The Labute approximate surface area is 149 Å². The van der Waals surface area contributed by atoms with Gasteiger partial charge in [-0.05, 0) is 44.9 Å². The van der Waals surface area contributed by atoms with Crippen molar-refractivity contribution in [2.24, 2.45) is 17.6 Å². The van der Waals surface area contributed by atoms with Gasteiger partial charge in [-0.25, -0.2) is 0 Å². The topological polar surface area (TPSA) is 111 Å². The Morgan fingerprint density at radius 2 is 2.00 bits per heavy atom. The first-order valence-corrected chi connectivity index (χ1v) is 9.34. The summed E-state index contributed by atoms with van der Waals surface area (Å²) in [5.41, 5.74) is 3.47. The Kier molecular flexibility index (Phi) is 6.81. The van der Waals surface area contributed by atoms with Gasteiger partial charge in [0.25, 0.3) is 11.8 Å². The van der Waals surface area contributed by atoms with Crippen molar-refractivity contribution in [2.75, 3.05) is 0 Å². The quantitative estimate of drug-likeness (QED) is 0.706. The Hall–Kier alpha value is -1.63. The molecule has 1 fully saturated rings. The average molecular weight is 353 g/mol. The monoisotopic (exact) mass is 353 g/mol. The van der Waals surface area contributed by atoms with E-state index in [2.05, 4.69) is 17.1 Å². The number of hydrogen-bond donors (Lipinski definition) is 2. The van der Waals surface area contributed by atoms with Gasteiger partial charge >= 0.3 is 6.08 Å². The number of carbonyl (C=O) groups is 1. The highest BCUT2D eigenvalue weighted by molar-refractivity contribution is 5.83. The lowest BCUT2D eigenvalue weighted by molar-refractivity contribution is -0.141. The van der Waals surface area contributed by atoms with Crippen LogP contribution in [0.2, 0.25) is 0 Å². The molecule has 0 radical (unpaired) electrons. The molecule has 1 aromatic rings. The summed E-state index contributed by atoms with van der Waals surface area (Å²) in [5.74, 6) is 0.0702. The zero-order valence-corrected chi connectivity index (χ0v) is 15.5. The van der Waals surface area contributed by atoms with Crippen LogP contribution in [0.4, 0.5) is 0 Å². The van der Waals surface area contributed by atoms with Gasteiger partial charge in [0.05, 0.1) is 6.10 Å². The molecule has 142 valence electrons. The summed E-state index contributed by atoms with van der Waals surface area (Å²) in [6, 6.07) is 0. The minimum absolute atomic E-state index is 0.0695. The van der Waals surface area contributed by atoms with Gasteiger partial charge < -0.3 is 20.0 Å². The van der Waals surface area contributed by atoms with Gasteiger partial charge in [0.1, 0.15) is 0 Å². The van der Waals surface area contributed by atoms with Crippen LogP contribution in [0, 0.1) is 11.8 Å². The maximum Gasteiger partial charge on any atom is 0.415 e. The summed E-state index contributed by atoms with van der Waals surface area (Å²) in [5, 5.41) is 18.2. The molecule has 1 amide bonds. The van der Waals surface area contributed by atoms with Crippen LogP contribution in [0.3, 0.4) is 0 Å². The molecule has 0 saturated heterocycles. The van der Waals surface area contributed by atoms with Crippen molar-refractivity contribution in [1.82, 2.24) is 10.2 Å². The highest BCUT2D eigenvalue weighted by Gasteiger charge is 2.42. The third-order valence-corrected chi connectivity index (χ3v) is 4.96. The molecule has 0 bridgehead atoms. The second-order valence-electron chi connectivity index (χ2n) is 7.65. The minimum Gasteiger partial charge on any atom is -0.446 e. The van der Waals surface area contributed by atoms with Crippen LogP contribution in [-0.2, 0) is 10.4 Å². The molecule has 1 saturated carbocycles. The van der Waals surface area contributed by atoms with Gasteiger partial charge in [-0.1, -0.05) is 44.1 Å². The molecule has 3 N–H and O–H groups in total. The zero-order chi connectivity index (χ0) is 18.4. The number of carbonyl (C=O) groups excluding carboxylic acids is 1. The van der Waals surface area contributed by atoms with E-state index in [-0.39, 0.29) is 24.5 Å². The van der Waals surface area contributed by atoms with Gasteiger partial charge in [0.2, 0.25) is 5.60 Å². The SMILES string of the molecule is CC(CCC(O)(C(N)=O)c1nnc(OC(C)C)o1)CC1CCCCC1. The maximum atomic E-state index is 11.9. The van der Waals surface area contributed by atoms with Crippen LogP contribution in [0.15, 0.2) is 4.42 Å². The Morgan fingerprint density at radius 3 is 2.60 bits per heavy atom. The van der Waals surface area contributed by atoms with E-state index in [1.807, 2.05) is 13.8 Å². The number of amides is 1. The molecular weight excluding hydrogens is 322 g/mol. The first-order valence-electron chi connectivity index (χ1n) is 9.34. The number of nitrogens with zero attached hydrogens (tertiary/aromatic N) is 2. The van der Waals surface area contributed by atoms with E-state index in [9.17, 15) is 9.90 Å². The van der Waals surface area contributed by atoms with Crippen molar-refractivity contribution in [3.8, 4) is 6.08 Å². The van der Waals surface area contributed by atoms with Crippen LogP contribution in [0.5, 0.6) is 6.08 Å². The highest BCUT2D eigenvalue weighted by Crippen LogP contribution is 2.33. The molecule has 2 rings (SSSR count). The number of aliphatic hydroxyl groups is 1. The summed E-state index contributed by atoms with van der Waals surface area (Å²) >= 11 is 0. The third-order valence-electron chi connectivity index (χ3n) is 4.96. The summed E-state index contributed by atoms with van der Waals surface area (Å²) in [6.07, 6.45) is 8.24. The average Bonchev–Trinajstić information content (AvgIpc) is 3.01. The van der Waals surface area contributed by atoms with Crippen LogP contribution >= 0.6 is 0 Å². The number of hydrogen-bond acceptors (Lipinski definition) is 6. The van der Waals surface area contributed by atoms with Gasteiger partial charge in [-0.3, -0.25) is 4.79 Å². The zero-order valence-electron chi connectivity index (χ0n) is 15.5. The minimum atomic E-state index is -1.95. The van der Waals surface area contributed by atoms with Crippen molar-refractivity contribution in [1.29, 1.82) is 0 Å². The number of aromatic nitrogens is 2. The molecule has 7 heteroatoms. The van der Waals surface area contributed by atoms with E-state index in [4.69, 9.17) is 14.9 Å². The first-order chi connectivity index (χ1) is 11.8. The molecule has 0 spiro atoms. The second kappa shape index (κ2) is 8.65. The lowest BCUT2D eigenvalue weighted by Gasteiger charge is -2.26. The van der Waals surface area contributed by atoms with Gasteiger partial charge in [-0.2, -0.15) is 0 Å². The smallest absolute Gasteiger partial charge is 0.415 e. The summed E-state index contributed by atoms with van der Waals surface area (Å²) in [4.78, 5) is 11.9. The van der Waals surface area contributed by atoms with Crippen molar-refractivity contribution < 1.29 is 19.1 Å². The molecule has 1 aromatic heterocycles. The summed E-state index contributed by atoms with van der Waals surface area (Å²) in [6.45, 7) is 5.78. The van der Waals surface area contributed by atoms with Crippen molar-refractivity contribution >= 4 is 5.91 Å². The third kappa shape index (κ3) is 5.42. The molecule has 0 aromatic carbocycles. The lowest BCUT2D eigenvalue weighted by atomic mass is 9.81. The molecule has 7 nitrogen and oxygen atoms in total. The van der Waals surface area contributed by atoms with Gasteiger partial charge in [-0.15, -0.1) is 5.10 Å². The van der Waals surface area contributed by atoms with Crippen LogP contribution < -0.4 is 10.5 Å². The second-order valence-corrected chi connectivity index (χ2v) is 7.65. The predicted octanol–water partition coefficient (Wildman–Crippen LogP) is 2.92. The van der Waals surface area contributed by atoms with E-state index in [0.717, 1.165) is 12.3 Å². The molecular formula is C18H31N3O4. The van der Waals surface area contributed by atoms with Crippen molar-refractivity contribution in [3.05, 3.63) is 5.89 Å². The summed E-state index contributed by atoms with van der Waals surface area (Å²) in [7, 11) is 0. The van der Waals surface area contributed by atoms with Crippen molar-refractivity contribution in [3.63, 3.8) is 0 Å². The highest BCUT2D eigenvalue weighted by atomic mass is 16.6. The van der Waals surface area contributed by atoms with Crippen LogP contribution in [-0.4, -0.2) is 27.3 Å². The normalized spacial score (nSPS) is 19.6. The molecule has 25 heavy (non-hydrogen) atoms. The van der Waals surface area contributed by atoms with Gasteiger partial charge in [0.15, 0.2) is 0 Å². The Morgan fingerprint density at radius 1 is 1.32 bits per heavy atom. The summed E-state index contributed by atoms with van der Waals surface area (Å²) < 4.78 is 10.6. The van der Waals surface area contributed by atoms with E-state index in [1.54, 1.807) is 0 Å². The fourth-order valence-electron chi connectivity index (χ4n) is 3.53. The Bertz CT molecular complexity index is 554. The largest absolute Gasteiger partial charge is 0.446 e. The molecule has 0 aliphatic heterocycles. The molecule has 2 unspecified atom stereocenters. The van der Waals surface area contributed by atoms with E-state index in [0.29, 0.717) is 12.3 Å².